The number of aromatic nitrogens is 2. The number of carbonyl (C=O) groups is 1. The highest BCUT2D eigenvalue weighted by Gasteiger charge is 2.35. The fraction of sp³-hybridized carbons (Fsp3) is 0.231. The second kappa shape index (κ2) is 3.95. The number of hydrogen-bond donors (Lipinski definition) is 1. The Morgan fingerprint density at radius 3 is 3.06 bits per heavy atom. The molecule has 1 amide bonds. The Morgan fingerprint density at radius 1 is 1.44 bits per heavy atom. The second-order valence-electron chi connectivity index (χ2n) is 4.67. The molecule has 0 saturated heterocycles. The molecule has 0 fully saturated rings. The van der Waals surface area contributed by atoms with E-state index in [1.807, 2.05) is 31.2 Å². The summed E-state index contributed by atoms with van der Waals surface area (Å²) < 4.78 is 2.75. The van der Waals surface area contributed by atoms with Crippen molar-refractivity contribution in [2.24, 2.45) is 0 Å². The quantitative estimate of drug-likeness (QED) is 0.879. The molecule has 5 heteroatoms. The first-order chi connectivity index (χ1) is 8.58. The summed E-state index contributed by atoms with van der Waals surface area (Å²) in [7, 11) is 0. The first kappa shape index (κ1) is 11.5. The second-order valence-corrected chi connectivity index (χ2v) is 5.59. The number of halogens is 1. The van der Waals surface area contributed by atoms with Crippen LogP contribution in [0, 0.1) is 0 Å². The predicted octanol–water partition coefficient (Wildman–Crippen LogP) is 2.30. The largest absolute Gasteiger partial charge is 0.340 e. The molecule has 2 aromatic rings. The Morgan fingerprint density at radius 2 is 2.28 bits per heavy atom. The van der Waals surface area contributed by atoms with E-state index in [1.165, 1.54) is 0 Å². The summed E-state index contributed by atoms with van der Waals surface area (Å²) in [6, 6.07) is 9.70. The zero-order valence-corrected chi connectivity index (χ0v) is 11.4. The van der Waals surface area contributed by atoms with Gasteiger partial charge < -0.3 is 5.32 Å². The van der Waals surface area contributed by atoms with Crippen molar-refractivity contribution in [2.75, 3.05) is 0 Å². The molecule has 0 unspecified atom stereocenters. The lowest BCUT2D eigenvalue weighted by atomic mass is 9.90. The molecule has 1 aliphatic rings. The van der Waals surface area contributed by atoms with E-state index >= 15 is 0 Å². The lowest BCUT2D eigenvalue weighted by molar-refractivity contribution is 0.0839. The molecule has 3 rings (SSSR count). The average molecular weight is 306 g/mol. The zero-order chi connectivity index (χ0) is 12.8. The SMILES string of the molecule is C[C@@]1(c2cccc(Br)c2)Cn2nccc2C(=O)N1. The van der Waals surface area contributed by atoms with Crippen molar-refractivity contribution >= 4 is 21.8 Å². The fourth-order valence-corrected chi connectivity index (χ4v) is 2.70. The first-order valence-corrected chi connectivity index (χ1v) is 6.48. The van der Waals surface area contributed by atoms with E-state index in [0.29, 0.717) is 12.2 Å². The molecule has 1 N–H and O–H groups in total. The number of hydrogen-bond acceptors (Lipinski definition) is 2. The van der Waals surface area contributed by atoms with Crippen LogP contribution < -0.4 is 5.32 Å². The molecule has 1 aromatic carbocycles. The lowest BCUT2D eigenvalue weighted by Gasteiger charge is -2.35. The van der Waals surface area contributed by atoms with Crippen molar-refractivity contribution < 1.29 is 4.79 Å². The molecule has 0 saturated carbocycles. The van der Waals surface area contributed by atoms with Gasteiger partial charge in [0.1, 0.15) is 5.69 Å². The van der Waals surface area contributed by atoms with Gasteiger partial charge in [-0.25, -0.2) is 0 Å². The van der Waals surface area contributed by atoms with E-state index in [-0.39, 0.29) is 5.91 Å². The monoisotopic (exact) mass is 305 g/mol. The van der Waals surface area contributed by atoms with Crippen molar-refractivity contribution in [1.29, 1.82) is 0 Å². The van der Waals surface area contributed by atoms with Gasteiger partial charge in [0, 0.05) is 10.7 Å². The van der Waals surface area contributed by atoms with Gasteiger partial charge in [-0.1, -0.05) is 28.1 Å². The van der Waals surface area contributed by atoms with Crippen LogP contribution in [0.3, 0.4) is 0 Å². The highest BCUT2D eigenvalue weighted by Crippen LogP contribution is 2.28. The van der Waals surface area contributed by atoms with Crippen molar-refractivity contribution in [1.82, 2.24) is 15.1 Å². The molecule has 1 atom stereocenters. The fourth-order valence-electron chi connectivity index (χ4n) is 2.30. The number of fused-ring (bicyclic) bond motifs is 1. The van der Waals surface area contributed by atoms with Crippen LogP contribution in [-0.4, -0.2) is 15.7 Å². The molecule has 0 radical (unpaired) electrons. The Labute approximate surface area is 113 Å². The van der Waals surface area contributed by atoms with Crippen LogP contribution in [0.25, 0.3) is 0 Å². The van der Waals surface area contributed by atoms with Crippen molar-refractivity contribution in [3.05, 3.63) is 52.3 Å². The van der Waals surface area contributed by atoms with E-state index in [2.05, 4.69) is 26.3 Å². The Hall–Kier alpha value is -1.62. The summed E-state index contributed by atoms with van der Waals surface area (Å²) in [5, 5.41) is 7.25. The van der Waals surface area contributed by atoms with Gasteiger partial charge in [0.2, 0.25) is 0 Å². The van der Waals surface area contributed by atoms with Crippen LogP contribution >= 0.6 is 15.9 Å². The molecule has 0 aliphatic carbocycles. The van der Waals surface area contributed by atoms with Crippen LogP contribution in [0.4, 0.5) is 0 Å². The highest BCUT2D eigenvalue weighted by molar-refractivity contribution is 9.10. The highest BCUT2D eigenvalue weighted by atomic mass is 79.9. The van der Waals surface area contributed by atoms with E-state index in [4.69, 9.17) is 0 Å². The summed E-state index contributed by atoms with van der Waals surface area (Å²) in [5.74, 6) is -0.0822. The molecule has 0 spiro atoms. The van der Waals surface area contributed by atoms with Gasteiger partial charge in [-0.3, -0.25) is 9.48 Å². The minimum absolute atomic E-state index is 0.0822. The number of rotatable bonds is 1. The maximum atomic E-state index is 12.0. The molecule has 18 heavy (non-hydrogen) atoms. The maximum absolute atomic E-state index is 12.0. The van der Waals surface area contributed by atoms with Crippen LogP contribution in [0.15, 0.2) is 41.0 Å². The standard InChI is InChI=1S/C13H12BrN3O/c1-13(9-3-2-4-10(14)7-9)8-17-11(5-6-15-17)12(18)16-13/h2-7H,8H2,1H3,(H,16,18)/t13-/m0/s1. The Kier molecular flexibility index (Phi) is 2.52. The van der Waals surface area contributed by atoms with Crippen LogP contribution in [-0.2, 0) is 12.1 Å². The lowest BCUT2D eigenvalue weighted by Crippen LogP contribution is -2.51. The number of benzene rings is 1. The number of nitrogens with one attached hydrogen (secondary N) is 1. The predicted molar refractivity (Wildman–Crippen MR) is 71.2 cm³/mol. The van der Waals surface area contributed by atoms with Crippen molar-refractivity contribution in [2.45, 2.75) is 19.0 Å². The van der Waals surface area contributed by atoms with E-state index < -0.39 is 5.54 Å². The van der Waals surface area contributed by atoms with Gasteiger partial charge >= 0.3 is 0 Å². The molecule has 1 aromatic heterocycles. The molecule has 0 bridgehead atoms. The maximum Gasteiger partial charge on any atom is 0.270 e. The Balaban J connectivity index is 2.05. The normalized spacial score (nSPS) is 22.4. The number of carbonyl (C=O) groups excluding carboxylic acids is 1. The molecular formula is C13H12BrN3O. The van der Waals surface area contributed by atoms with Gasteiger partial charge in [-0.2, -0.15) is 5.10 Å². The minimum Gasteiger partial charge on any atom is -0.340 e. The van der Waals surface area contributed by atoms with Crippen LogP contribution in [0.2, 0.25) is 0 Å². The van der Waals surface area contributed by atoms with Crippen molar-refractivity contribution in [3.8, 4) is 0 Å². The molecule has 4 nitrogen and oxygen atoms in total. The summed E-state index contributed by atoms with van der Waals surface area (Å²) in [5.41, 5.74) is 1.24. The number of nitrogens with zero attached hydrogens (tertiary/aromatic N) is 2. The third kappa shape index (κ3) is 1.75. The third-order valence-corrected chi connectivity index (χ3v) is 3.76. The molecule has 1 aliphatic heterocycles. The summed E-state index contributed by atoms with van der Waals surface area (Å²) >= 11 is 3.46. The average Bonchev–Trinajstić information content (AvgIpc) is 2.77. The van der Waals surface area contributed by atoms with E-state index in [1.54, 1.807) is 16.9 Å². The molecule has 92 valence electrons. The topological polar surface area (TPSA) is 46.9 Å². The van der Waals surface area contributed by atoms with Gasteiger partial charge in [-0.15, -0.1) is 0 Å². The Bertz CT molecular complexity index is 622. The van der Waals surface area contributed by atoms with Gasteiger partial charge in [0.05, 0.1) is 12.1 Å². The summed E-state index contributed by atoms with van der Waals surface area (Å²) in [6.07, 6.45) is 1.65. The first-order valence-electron chi connectivity index (χ1n) is 5.69. The molecular weight excluding hydrogens is 294 g/mol. The van der Waals surface area contributed by atoms with Gasteiger partial charge in [-0.05, 0) is 30.7 Å². The summed E-state index contributed by atoms with van der Waals surface area (Å²) in [6.45, 7) is 2.65. The number of amides is 1. The smallest absolute Gasteiger partial charge is 0.270 e. The van der Waals surface area contributed by atoms with Crippen molar-refractivity contribution in [3.63, 3.8) is 0 Å². The van der Waals surface area contributed by atoms with Gasteiger partial charge in [0.15, 0.2) is 0 Å². The zero-order valence-electron chi connectivity index (χ0n) is 9.85. The van der Waals surface area contributed by atoms with Crippen LogP contribution in [0.5, 0.6) is 0 Å². The molecule has 2 heterocycles. The van der Waals surface area contributed by atoms with Crippen LogP contribution in [0.1, 0.15) is 23.0 Å². The summed E-state index contributed by atoms with van der Waals surface area (Å²) in [4.78, 5) is 12.0. The third-order valence-electron chi connectivity index (χ3n) is 3.27. The van der Waals surface area contributed by atoms with E-state index in [9.17, 15) is 4.79 Å². The van der Waals surface area contributed by atoms with E-state index in [0.717, 1.165) is 10.0 Å². The van der Waals surface area contributed by atoms with Gasteiger partial charge in [0.25, 0.3) is 5.91 Å². The minimum atomic E-state index is -0.431.